The second-order valence-corrected chi connectivity index (χ2v) is 6.58. The zero-order valence-electron chi connectivity index (χ0n) is 11.3. The van der Waals surface area contributed by atoms with Crippen molar-refractivity contribution in [2.24, 2.45) is 0 Å². The molecule has 2 rings (SSSR count). The summed E-state index contributed by atoms with van der Waals surface area (Å²) in [7, 11) is -3.67. The van der Waals surface area contributed by atoms with Gasteiger partial charge in [-0.2, -0.15) is 5.26 Å². The molecule has 0 radical (unpaired) electrons. The fraction of sp³-hybridized carbons (Fsp3) is 0.143. The molecule has 21 heavy (non-hydrogen) atoms. The van der Waals surface area contributed by atoms with Gasteiger partial charge < -0.3 is 4.98 Å². The number of nitrogens with one attached hydrogen (secondary N) is 1. The van der Waals surface area contributed by atoms with Crippen LogP contribution in [0.15, 0.2) is 34.0 Å². The average Bonchev–Trinajstić information content (AvgIpc) is 2.36. The van der Waals surface area contributed by atoms with Crippen molar-refractivity contribution in [2.75, 3.05) is 6.26 Å². The quantitative estimate of drug-likeness (QED) is 0.915. The molecule has 1 aromatic carbocycles. The van der Waals surface area contributed by atoms with Gasteiger partial charge in [-0.1, -0.05) is 6.07 Å². The Labute approximate surface area is 120 Å². The van der Waals surface area contributed by atoms with Crippen LogP contribution in [0.3, 0.4) is 0 Å². The summed E-state index contributed by atoms with van der Waals surface area (Å²) in [5.41, 5.74) is 0.331. The molecule has 5 nitrogen and oxygen atoms in total. The van der Waals surface area contributed by atoms with Gasteiger partial charge in [0.25, 0.3) is 5.56 Å². The fourth-order valence-electron chi connectivity index (χ4n) is 2.00. The number of hydrogen-bond acceptors (Lipinski definition) is 4. The molecule has 0 bridgehead atoms. The molecule has 0 saturated heterocycles. The van der Waals surface area contributed by atoms with Gasteiger partial charge in [-0.15, -0.1) is 0 Å². The number of sulfone groups is 1. The molecule has 7 heteroatoms. The van der Waals surface area contributed by atoms with Crippen LogP contribution in [0.25, 0.3) is 11.1 Å². The summed E-state index contributed by atoms with van der Waals surface area (Å²) in [5, 5.41) is 9.04. The molecular weight excluding hydrogens is 295 g/mol. The van der Waals surface area contributed by atoms with E-state index in [0.717, 1.165) is 18.4 Å². The first-order valence-corrected chi connectivity index (χ1v) is 7.77. The number of pyridine rings is 1. The standard InChI is InChI=1S/C14H11FN2O3S/c1-8-5-10(11(7-16)14(18)17-8)9-3-4-13(12(15)6-9)21(2,19)20/h3-6H,1-2H3,(H,17,18). The van der Waals surface area contributed by atoms with Crippen molar-refractivity contribution in [1.82, 2.24) is 4.98 Å². The van der Waals surface area contributed by atoms with Crippen molar-refractivity contribution in [3.05, 3.63) is 51.7 Å². The van der Waals surface area contributed by atoms with Crippen LogP contribution in [-0.2, 0) is 9.84 Å². The van der Waals surface area contributed by atoms with Crippen LogP contribution in [0, 0.1) is 24.1 Å². The zero-order valence-corrected chi connectivity index (χ0v) is 12.1. The second-order valence-electron chi connectivity index (χ2n) is 4.60. The van der Waals surface area contributed by atoms with E-state index in [-0.39, 0.29) is 16.7 Å². The van der Waals surface area contributed by atoms with Gasteiger partial charge >= 0.3 is 0 Å². The topological polar surface area (TPSA) is 90.8 Å². The summed E-state index contributed by atoms with van der Waals surface area (Å²) >= 11 is 0. The minimum atomic E-state index is -3.67. The summed E-state index contributed by atoms with van der Waals surface area (Å²) < 4.78 is 36.7. The summed E-state index contributed by atoms with van der Waals surface area (Å²) in [6.07, 6.45) is 0.906. The Bertz CT molecular complexity index is 924. The van der Waals surface area contributed by atoms with Crippen molar-refractivity contribution in [3.8, 4) is 17.2 Å². The molecule has 0 spiro atoms. The van der Waals surface area contributed by atoms with Crippen LogP contribution in [0.2, 0.25) is 0 Å². The number of benzene rings is 1. The third kappa shape index (κ3) is 2.85. The molecule has 2 aromatic rings. The SMILES string of the molecule is Cc1cc(-c2ccc(S(C)(=O)=O)c(F)c2)c(C#N)c(=O)[nH]1. The maximum Gasteiger partial charge on any atom is 0.266 e. The van der Waals surface area contributed by atoms with Gasteiger partial charge in [-0.3, -0.25) is 4.79 Å². The third-order valence-corrected chi connectivity index (χ3v) is 4.05. The van der Waals surface area contributed by atoms with E-state index in [9.17, 15) is 17.6 Å². The van der Waals surface area contributed by atoms with Crippen LogP contribution >= 0.6 is 0 Å². The van der Waals surface area contributed by atoms with Gasteiger partial charge in [-0.25, -0.2) is 12.8 Å². The van der Waals surface area contributed by atoms with Crippen molar-refractivity contribution in [2.45, 2.75) is 11.8 Å². The molecule has 1 heterocycles. The molecule has 0 fully saturated rings. The largest absolute Gasteiger partial charge is 0.325 e. The lowest BCUT2D eigenvalue weighted by atomic mass is 10.0. The van der Waals surface area contributed by atoms with Crippen LogP contribution in [0.4, 0.5) is 4.39 Å². The van der Waals surface area contributed by atoms with E-state index in [1.807, 2.05) is 0 Å². The first-order valence-electron chi connectivity index (χ1n) is 5.88. The Hall–Kier alpha value is -2.46. The maximum absolute atomic E-state index is 13.9. The van der Waals surface area contributed by atoms with E-state index < -0.39 is 26.1 Å². The Morgan fingerprint density at radius 3 is 2.48 bits per heavy atom. The van der Waals surface area contributed by atoms with E-state index in [0.29, 0.717) is 5.69 Å². The first kappa shape index (κ1) is 14.9. The first-order chi connectivity index (χ1) is 9.74. The smallest absolute Gasteiger partial charge is 0.266 e. The van der Waals surface area contributed by atoms with Gasteiger partial charge in [0.05, 0.1) is 0 Å². The molecule has 0 aliphatic carbocycles. The van der Waals surface area contributed by atoms with Crippen molar-refractivity contribution >= 4 is 9.84 Å². The molecule has 1 aromatic heterocycles. The lowest BCUT2D eigenvalue weighted by molar-refractivity contribution is 0.571. The van der Waals surface area contributed by atoms with Crippen molar-refractivity contribution in [3.63, 3.8) is 0 Å². The number of hydrogen-bond donors (Lipinski definition) is 1. The maximum atomic E-state index is 13.9. The van der Waals surface area contributed by atoms with Crippen molar-refractivity contribution in [1.29, 1.82) is 5.26 Å². The van der Waals surface area contributed by atoms with E-state index in [1.54, 1.807) is 13.0 Å². The van der Waals surface area contributed by atoms with Crippen molar-refractivity contribution < 1.29 is 12.8 Å². The molecule has 0 amide bonds. The molecule has 0 unspecified atom stereocenters. The number of aryl methyl sites for hydroxylation is 1. The Morgan fingerprint density at radius 1 is 1.29 bits per heavy atom. The Kier molecular flexibility index (Phi) is 3.66. The van der Waals surface area contributed by atoms with Gasteiger partial charge in [0.15, 0.2) is 9.84 Å². The number of H-pyrrole nitrogens is 1. The molecule has 108 valence electrons. The van der Waals surface area contributed by atoms with Crippen LogP contribution in [0.5, 0.6) is 0 Å². The highest BCUT2D eigenvalue weighted by molar-refractivity contribution is 7.90. The monoisotopic (exact) mass is 306 g/mol. The molecule has 1 N–H and O–H groups in total. The van der Waals surface area contributed by atoms with Crippen LogP contribution in [-0.4, -0.2) is 19.7 Å². The number of rotatable bonds is 2. The zero-order chi connectivity index (χ0) is 15.8. The normalized spacial score (nSPS) is 11.1. The number of halogens is 1. The summed E-state index contributed by atoms with van der Waals surface area (Å²) in [4.78, 5) is 13.8. The molecule has 0 atom stereocenters. The minimum Gasteiger partial charge on any atom is -0.325 e. The molecule has 0 aliphatic rings. The Morgan fingerprint density at radius 2 is 1.95 bits per heavy atom. The highest BCUT2D eigenvalue weighted by Gasteiger charge is 2.16. The summed E-state index contributed by atoms with van der Waals surface area (Å²) in [6.45, 7) is 1.63. The highest BCUT2D eigenvalue weighted by atomic mass is 32.2. The molecule has 0 saturated carbocycles. The number of aromatic amines is 1. The highest BCUT2D eigenvalue weighted by Crippen LogP contribution is 2.25. The van der Waals surface area contributed by atoms with Crippen LogP contribution < -0.4 is 5.56 Å². The Balaban J connectivity index is 2.73. The number of aromatic nitrogens is 1. The number of nitrogens with zero attached hydrogens (tertiary/aromatic N) is 1. The second kappa shape index (κ2) is 5.14. The summed E-state index contributed by atoms with van der Waals surface area (Å²) in [5.74, 6) is -0.920. The van der Waals surface area contributed by atoms with E-state index >= 15 is 0 Å². The lowest BCUT2D eigenvalue weighted by Crippen LogP contribution is -2.12. The molecule has 0 aliphatic heterocycles. The lowest BCUT2D eigenvalue weighted by Gasteiger charge is -2.07. The van der Waals surface area contributed by atoms with E-state index in [4.69, 9.17) is 5.26 Å². The van der Waals surface area contributed by atoms with Gasteiger partial charge in [-0.05, 0) is 30.7 Å². The minimum absolute atomic E-state index is 0.146. The average molecular weight is 306 g/mol. The fourth-order valence-corrected chi connectivity index (χ4v) is 2.72. The number of nitriles is 1. The van der Waals surface area contributed by atoms with E-state index in [2.05, 4.69) is 4.98 Å². The predicted molar refractivity (Wildman–Crippen MR) is 75.0 cm³/mol. The molecular formula is C14H11FN2O3S. The van der Waals surface area contributed by atoms with Gasteiger partial charge in [0.1, 0.15) is 22.3 Å². The van der Waals surface area contributed by atoms with E-state index in [1.165, 1.54) is 12.1 Å². The van der Waals surface area contributed by atoms with Gasteiger partial charge in [0.2, 0.25) is 0 Å². The summed E-state index contributed by atoms with van der Waals surface area (Å²) in [6, 6.07) is 6.80. The third-order valence-electron chi connectivity index (χ3n) is 2.92. The van der Waals surface area contributed by atoms with Gasteiger partial charge in [0, 0.05) is 17.5 Å². The predicted octanol–water partition coefficient (Wildman–Crippen LogP) is 1.76. The van der Waals surface area contributed by atoms with Crippen LogP contribution in [0.1, 0.15) is 11.3 Å².